The van der Waals surface area contributed by atoms with Crippen molar-refractivity contribution in [3.63, 3.8) is 0 Å². The molecule has 2 aromatic rings. The molecule has 0 saturated carbocycles. The number of anilines is 1. The number of nitrogens with zero attached hydrogens (tertiary/aromatic N) is 2. The summed E-state index contributed by atoms with van der Waals surface area (Å²) < 4.78 is 38.5. The fraction of sp³-hybridized carbons (Fsp3) is 0.462. The van der Waals surface area contributed by atoms with Crippen molar-refractivity contribution in [2.24, 2.45) is 0 Å². The second-order valence-corrected chi connectivity index (χ2v) is 10.7. The molecule has 0 saturated heterocycles. The summed E-state index contributed by atoms with van der Waals surface area (Å²) in [6.07, 6.45) is 0.383. The highest BCUT2D eigenvalue weighted by molar-refractivity contribution is 7.92. The highest BCUT2D eigenvalue weighted by atomic mass is 32.2. The minimum absolute atomic E-state index is 0.176. The molecule has 2 amide bonds. The molecule has 0 unspecified atom stereocenters. The molecular weight excluding hydrogens is 482 g/mol. The molecule has 0 aromatic heterocycles. The maximum atomic E-state index is 13.7. The number of ether oxygens (including phenoxy) is 2. The zero-order chi connectivity index (χ0) is 26.3. The first-order chi connectivity index (χ1) is 17.2. The smallest absolute Gasteiger partial charge is 0.244 e. The summed E-state index contributed by atoms with van der Waals surface area (Å²) >= 11 is 0. The Hall–Kier alpha value is -3.27. The number of rotatable bonds is 11. The molecule has 1 aliphatic heterocycles. The highest BCUT2D eigenvalue weighted by Crippen LogP contribution is 2.35. The van der Waals surface area contributed by atoms with Gasteiger partial charge in [-0.05, 0) is 44.9 Å². The van der Waals surface area contributed by atoms with Gasteiger partial charge in [0, 0.05) is 19.2 Å². The van der Waals surface area contributed by atoms with Crippen molar-refractivity contribution in [3.8, 4) is 11.5 Å². The van der Waals surface area contributed by atoms with Gasteiger partial charge in [-0.1, -0.05) is 36.8 Å². The fourth-order valence-electron chi connectivity index (χ4n) is 4.01. The molecule has 196 valence electrons. The molecule has 1 aliphatic rings. The monoisotopic (exact) mass is 517 g/mol. The number of likely N-dealkylation sites (N-methyl/N-ethyl adjacent to an activating group) is 1. The van der Waals surface area contributed by atoms with Crippen LogP contribution >= 0.6 is 0 Å². The summed E-state index contributed by atoms with van der Waals surface area (Å²) in [4.78, 5) is 28.1. The molecule has 0 fully saturated rings. The minimum atomic E-state index is -3.82. The summed E-state index contributed by atoms with van der Waals surface area (Å²) in [7, 11) is -3.82. The van der Waals surface area contributed by atoms with Crippen molar-refractivity contribution < 1.29 is 27.5 Å². The van der Waals surface area contributed by atoms with Crippen LogP contribution < -0.4 is 19.1 Å². The molecular formula is C26H35N3O6S. The molecule has 2 aromatic carbocycles. The van der Waals surface area contributed by atoms with E-state index < -0.39 is 28.5 Å². The Kier molecular flexibility index (Phi) is 9.19. The van der Waals surface area contributed by atoms with E-state index in [0.29, 0.717) is 43.4 Å². The van der Waals surface area contributed by atoms with Crippen molar-refractivity contribution >= 4 is 27.5 Å². The summed E-state index contributed by atoms with van der Waals surface area (Å²) in [5.41, 5.74) is 2.22. The van der Waals surface area contributed by atoms with Gasteiger partial charge >= 0.3 is 0 Å². The molecule has 0 aliphatic carbocycles. The van der Waals surface area contributed by atoms with Gasteiger partial charge in [0.25, 0.3) is 0 Å². The van der Waals surface area contributed by atoms with E-state index in [0.717, 1.165) is 15.4 Å². The maximum Gasteiger partial charge on any atom is 0.244 e. The Balaban J connectivity index is 1.97. The van der Waals surface area contributed by atoms with Crippen molar-refractivity contribution in [1.29, 1.82) is 0 Å². The van der Waals surface area contributed by atoms with Crippen LogP contribution in [0.25, 0.3) is 0 Å². The second kappa shape index (κ2) is 12.1. The minimum Gasteiger partial charge on any atom is -0.486 e. The number of sulfonamides is 1. The van der Waals surface area contributed by atoms with Crippen LogP contribution in [0.15, 0.2) is 42.5 Å². The number of carbonyl (C=O) groups excluding carboxylic acids is 2. The number of hydrogen-bond acceptors (Lipinski definition) is 6. The van der Waals surface area contributed by atoms with E-state index in [1.165, 1.54) is 11.8 Å². The van der Waals surface area contributed by atoms with Gasteiger partial charge in [-0.2, -0.15) is 0 Å². The topological polar surface area (TPSA) is 105 Å². The summed E-state index contributed by atoms with van der Waals surface area (Å²) in [5, 5.41) is 2.79. The molecule has 1 atom stereocenters. The van der Waals surface area contributed by atoms with Crippen LogP contribution in [0.4, 0.5) is 5.69 Å². The van der Waals surface area contributed by atoms with Crippen LogP contribution in [0.5, 0.6) is 11.5 Å². The molecule has 10 heteroatoms. The van der Waals surface area contributed by atoms with Crippen LogP contribution in [0.3, 0.4) is 0 Å². The lowest BCUT2D eigenvalue weighted by Crippen LogP contribution is -2.52. The zero-order valence-corrected chi connectivity index (χ0v) is 22.1. The first-order valence-electron chi connectivity index (χ1n) is 12.2. The van der Waals surface area contributed by atoms with Crippen LogP contribution in [0.2, 0.25) is 0 Å². The van der Waals surface area contributed by atoms with E-state index in [4.69, 9.17) is 9.47 Å². The number of benzene rings is 2. The van der Waals surface area contributed by atoms with E-state index in [-0.39, 0.29) is 18.2 Å². The van der Waals surface area contributed by atoms with Gasteiger partial charge in [0.15, 0.2) is 11.5 Å². The van der Waals surface area contributed by atoms with E-state index in [2.05, 4.69) is 5.32 Å². The molecule has 0 bridgehead atoms. The third-order valence-corrected chi connectivity index (χ3v) is 7.74. The molecule has 1 N–H and O–H groups in total. The van der Waals surface area contributed by atoms with Gasteiger partial charge in [-0.15, -0.1) is 0 Å². The summed E-state index contributed by atoms with van der Waals surface area (Å²) in [6, 6.07) is 11.7. The largest absolute Gasteiger partial charge is 0.486 e. The van der Waals surface area contributed by atoms with Gasteiger partial charge in [0.2, 0.25) is 21.8 Å². The molecule has 36 heavy (non-hydrogen) atoms. The molecule has 0 spiro atoms. The van der Waals surface area contributed by atoms with Crippen LogP contribution in [-0.4, -0.2) is 63.2 Å². The number of fused-ring (bicyclic) bond motifs is 1. The van der Waals surface area contributed by atoms with Gasteiger partial charge in [-0.3, -0.25) is 13.9 Å². The second-order valence-electron chi connectivity index (χ2n) is 8.56. The molecule has 1 heterocycles. The Morgan fingerprint density at radius 2 is 1.67 bits per heavy atom. The normalized spacial score (nSPS) is 13.6. The predicted molar refractivity (Wildman–Crippen MR) is 139 cm³/mol. The van der Waals surface area contributed by atoms with Crippen molar-refractivity contribution in [1.82, 2.24) is 10.2 Å². The standard InChI is InChI=1S/C26H35N3O6S/c1-5-22(26(31)27-6-2)28(17-20-10-8-19(4)9-11-20)25(30)18-29(36(32,33)7-3)21-12-13-23-24(16-21)35-15-14-34-23/h8-13,16,22H,5-7,14-15,17-18H2,1-4H3,(H,27,31)/t22-/m1/s1. The van der Waals surface area contributed by atoms with Crippen molar-refractivity contribution in [2.45, 2.75) is 46.7 Å². The van der Waals surface area contributed by atoms with Crippen LogP contribution in [0, 0.1) is 6.92 Å². The number of nitrogens with one attached hydrogen (secondary N) is 1. The fourth-order valence-corrected chi connectivity index (χ4v) is 5.06. The first-order valence-corrected chi connectivity index (χ1v) is 13.8. The average molecular weight is 518 g/mol. The Morgan fingerprint density at radius 1 is 1.00 bits per heavy atom. The zero-order valence-electron chi connectivity index (χ0n) is 21.3. The van der Waals surface area contributed by atoms with Crippen molar-refractivity contribution in [3.05, 3.63) is 53.6 Å². The predicted octanol–water partition coefficient (Wildman–Crippen LogP) is 2.87. The number of amides is 2. The lowest BCUT2D eigenvalue weighted by molar-refractivity contribution is -0.140. The summed E-state index contributed by atoms with van der Waals surface area (Å²) in [5.74, 6) is 0.00624. The quantitative estimate of drug-likeness (QED) is 0.492. The number of hydrogen-bond donors (Lipinski definition) is 1. The SMILES string of the molecule is CCNC(=O)[C@@H](CC)N(Cc1ccc(C)cc1)C(=O)CN(c1ccc2c(c1)OCCO2)S(=O)(=O)CC. The van der Waals surface area contributed by atoms with E-state index in [1.54, 1.807) is 18.2 Å². The highest BCUT2D eigenvalue weighted by Gasteiger charge is 2.32. The average Bonchev–Trinajstić information content (AvgIpc) is 2.88. The number of aryl methyl sites for hydroxylation is 1. The number of carbonyl (C=O) groups is 2. The van der Waals surface area contributed by atoms with E-state index >= 15 is 0 Å². The maximum absolute atomic E-state index is 13.7. The molecule has 3 rings (SSSR count). The van der Waals surface area contributed by atoms with Gasteiger partial charge in [-0.25, -0.2) is 8.42 Å². The summed E-state index contributed by atoms with van der Waals surface area (Å²) in [6.45, 7) is 8.06. The Bertz CT molecular complexity index is 1170. The third kappa shape index (κ3) is 6.48. The molecule has 0 radical (unpaired) electrons. The Labute approximate surface area is 213 Å². The van der Waals surface area contributed by atoms with Gasteiger partial charge in [0.05, 0.1) is 11.4 Å². The van der Waals surface area contributed by atoms with Gasteiger partial charge < -0.3 is 19.7 Å². The van der Waals surface area contributed by atoms with Crippen LogP contribution in [-0.2, 0) is 26.2 Å². The Morgan fingerprint density at radius 3 is 2.28 bits per heavy atom. The van der Waals surface area contributed by atoms with Crippen LogP contribution in [0.1, 0.15) is 38.3 Å². The van der Waals surface area contributed by atoms with E-state index in [1.807, 2.05) is 45.0 Å². The first kappa shape index (κ1) is 27.3. The third-order valence-electron chi connectivity index (χ3n) is 6.00. The van der Waals surface area contributed by atoms with Crippen molar-refractivity contribution in [2.75, 3.05) is 36.4 Å². The molecule has 9 nitrogen and oxygen atoms in total. The lowest BCUT2D eigenvalue weighted by Gasteiger charge is -2.33. The lowest BCUT2D eigenvalue weighted by atomic mass is 10.1. The van der Waals surface area contributed by atoms with Gasteiger partial charge in [0.1, 0.15) is 25.8 Å². The van der Waals surface area contributed by atoms with E-state index in [9.17, 15) is 18.0 Å².